The molecule has 0 saturated heterocycles. The fourth-order valence-corrected chi connectivity index (χ4v) is 1.50. The molecule has 1 heterocycles. The molecule has 0 radical (unpaired) electrons. The highest BCUT2D eigenvalue weighted by molar-refractivity contribution is 5.99. The van der Waals surface area contributed by atoms with E-state index in [-0.39, 0.29) is 0 Å². The quantitative estimate of drug-likeness (QED) is 0.613. The summed E-state index contributed by atoms with van der Waals surface area (Å²) < 4.78 is 13.4. The molecule has 0 spiro atoms. The van der Waals surface area contributed by atoms with Crippen LogP contribution < -0.4 is 0 Å². The first-order chi connectivity index (χ1) is 6.25. The Morgan fingerprint density at radius 2 is 2.08 bits per heavy atom. The number of carbonyl (C=O) groups is 1. The van der Waals surface area contributed by atoms with E-state index in [0.717, 1.165) is 0 Å². The zero-order chi connectivity index (χ0) is 9.42. The van der Waals surface area contributed by atoms with Gasteiger partial charge in [-0.25, -0.2) is 0 Å². The summed E-state index contributed by atoms with van der Waals surface area (Å²) in [5, 5.41) is 0.664. The summed E-state index contributed by atoms with van der Waals surface area (Å²) in [6.45, 7) is 1.59. The Hall–Kier alpha value is -1.64. The molecule has 1 aromatic carbocycles. The summed E-state index contributed by atoms with van der Waals surface area (Å²) in [6.07, 6.45) is 0.688. The molecular formula is C10H8FNO. The molecule has 0 atom stereocenters. The maximum atomic E-state index is 13.4. The number of nitrogens with zero attached hydrogens (tertiary/aromatic N) is 1. The molecule has 2 nitrogen and oxygen atoms in total. The summed E-state index contributed by atoms with van der Waals surface area (Å²) in [7, 11) is 0. The third kappa shape index (κ3) is 0.967. The Bertz CT molecular complexity index is 473. The maximum Gasteiger partial charge on any atom is 0.152 e. The number of hydrogen-bond acceptors (Lipinski definition) is 1. The van der Waals surface area contributed by atoms with Crippen LogP contribution in [0.1, 0.15) is 16.1 Å². The first-order valence-corrected chi connectivity index (χ1v) is 3.97. The van der Waals surface area contributed by atoms with E-state index in [2.05, 4.69) is 0 Å². The highest BCUT2D eigenvalue weighted by atomic mass is 19.2. The SMILES string of the molecule is Cc1c(C=O)c2ccccc2n1F. The Labute approximate surface area is 74.5 Å². The van der Waals surface area contributed by atoms with Crippen LogP contribution in [0.5, 0.6) is 0 Å². The summed E-state index contributed by atoms with van der Waals surface area (Å²) in [4.78, 5) is 11.2. The number of hydrogen-bond donors (Lipinski definition) is 0. The molecule has 0 N–H and O–H groups in total. The molecule has 13 heavy (non-hydrogen) atoms. The minimum atomic E-state index is 0.358. The van der Waals surface area contributed by atoms with Crippen LogP contribution in [0, 0.1) is 6.92 Å². The maximum absolute atomic E-state index is 13.4. The zero-order valence-corrected chi connectivity index (χ0v) is 7.12. The second-order valence-corrected chi connectivity index (χ2v) is 2.91. The van der Waals surface area contributed by atoms with Crippen molar-refractivity contribution in [2.45, 2.75) is 6.92 Å². The van der Waals surface area contributed by atoms with E-state index in [0.29, 0.717) is 33.2 Å². The van der Waals surface area contributed by atoms with Gasteiger partial charge < -0.3 is 0 Å². The summed E-state index contributed by atoms with van der Waals surface area (Å²) in [5.41, 5.74) is 1.23. The van der Waals surface area contributed by atoms with E-state index in [1.54, 1.807) is 31.2 Å². The van der Waals surface area contributed by atoms with Crippen LogP contribution in [0.15, 0.2) is 24.3 Å². The predicted molar refractivity (Wildman–Crippen MR) is 48.6 cm³/mol. The van der Waals surface area contributed by atoms with Gasteiger partial charge in [-0.15, -0.1) is 0 Å². The van der Waals surface area contributed by atoms with Crippen molar-refractivity contribution < 1.29 is 9.28 Å². The molecule has 0 bridgehead atoms. The standard InChI is InChI=1S/C10H8FNO/c1-7-9(6-13)8-4-2-3-5-10(8)12(7)11/h2-6H,1H3. The van der Waals surface area contributed by atoms with Crippen molar-refractivity contribution in [3.63, 3.8) is 0 Å². The summed E-state index contributed by atoms with van der Waals surface area (Å²) in [6, 6.07) is 6.92. The lowest BCUT2D eigenvalue weighted by Gasteiger charge is -1.90. The van der Waals surface area contributed by atoms with Crippen LogP contribution in [-0.4, -0.2) is 11.1 Å². The van der Waals surface area contributed by atoms with E-state index in [4.69, 9.17) is 0 Å². The van der Waals surface area contributed by atoms with E-state index < -0.39 is 0 Å². The van der Waals surface area contributed by atoms with Crippen molar-refractivity contribution in [2.75, 3.05) is 0 Å². The molecule has 3 heteroatoms. The third-order valence-corrected chi connectivity index (χ3v) is 2.21. The van der Waals surface area contributed by atoms with Crippen LogP contribution in [0.25, 0.3) is 10.9 Å². The molecule has 2 aromatic rings. The van der Waals surface area contributed by atoms with Crippen LogP contribution in [0.2, 0.25) is 0 Å². The van der Waals surface area contributed by atoms with Crippen molar-refractivity contribution in [2.24, 2.45) is 0 Å². The van der Waals surface area contributed by atoms with Gasteiger partial charge in [0.15, 0.2) is 6.29 Å². The van der Waals surface area contributed by atoms with Gasteiger partial charge in [0.2, 0.25) is 0 Å². The van der Waals surface area contributed by atoms with Gasteiger partial charge in [-0.05, 0) is 13.0 Å². The van der Waals surface area contributed by atoms with Crippen molar-refractivity contribution in [1.29, 1.82) is 0 Å². The second-order valence-electron chi connectivity index (χ2n) is 2.91. The van der Waals surface area contributed by atoms with Crippen LogP contribution >= 0.6 is 0 Å². The topological polar surface area (TPSA) is 22.0 Å². The van der Waals surface area contributed by atoms with Gasteiger partial charge in [0.05, 0.1) is 11.2 Å². The fraction of sp³-hybridized carbons (Fsp3) is 0.100. The first kappa shape index (κ1) is 7.98. The lowest BCUT2D eigenvalue weighted by Crippen LogP contribution is -1.86. The number of para-hydroxylation sites is 1. The average molecular weight is 177 g/mol. The summed E-state index contributed by atoms with van der Waals surface area (Å²) >= 11 is 0. The van der Waals surface area contributed by atoms with Crippen molar-refractivity contribution in [1.82, 2.24) is 4.79 Å². The molecule has 0 saturated carbocycles. The average Bonchev–Trinajstić information content (AvgIpc) is 2.41. The van der Waals surface area contributed by atoms with E-state index in [1.807, 2.05) is 0 Å². The van der Waals surface area contributed by atoms with Gasteiger partial charge in [0, 0.05) is 10.9 Å². The van der Waals surface area contributed by atoms with Gasteiger partial charge in [0.1, 0.15) is 0 Å². The number of fused-ring (bicyclic) bond motifs is 1. The Kier molecular flexibility index (Phi) is 1.65. The third-order valence-electron chi connectivity index (χ3n) is 2.21. The number of aldehydes is 1. The number of benzene rings is 1. The Morgan fingerprint density at radius 1 is 1.38 bits per heavy atom. The van der Waals surface area contributed by atoms with Gasteiger partial charge in [-0.3, -0.25) is 4.79 Å². The molecule has 0 aliphatic rings. The molecule has 0 fully saturated rings. The van der Waals surface area contributed by atoms with Gasteiger partial charge in [0.25, 0.3) is 0 Å². The largest absolute Gasteiger partial charge is 0.298 e. The fourth-order valence-electron chi connectivity index (χ4n) is 1.50. The Balaban J connectivity index is 2.98. The van der Waals surface area contributed by atoms with Gasteiger partial charge in [-0.2, -0.15) is 4.79 Å². The number of aromatic nitrogens is 1. The van der Waals surface area contributed by atoms with Crippen LogP contribution in [0.4, 0.5) is 4.48 Å². The smallest absolute Gasteiger partial charge is 0.152 e. The number of carbonyl (C=O) groups excluding carboxylic acids is 1. The molecule has 1 aromatic heterocycles. The minimum Gasteiger partial charge on any atom is -0.298 e. The highest BCUT2D eigenvalue weighted by Crippen LogP contribution is 2.23. The molecule has 2 rings (SSSR count). The van der Waals surface area contributed by atoms with Gasteiger partial charge in [-0.1, -0.05) is 22.7 Å². The van der Waals surface area contributed by atoms with Gasteiger partial charge >= 0.3 is 0 Å². The monoisotopic (exact) mass is 177 g/mol. The normalized spacial score (nSPS) is 10.6. The van der Waals surface area contributed by atoms with Crippen molar-refractivity contribution in [3.05, 3.63) is 35.5 Å². The van der Waals surface area contributed by atoms with E-state index in [9.17, 15) is 9.28 Å². The molecular weight excluding hydrogens is 169 g/mol. The van der Waals surface area contributed by atoms with Crippen LogP contribution in [0.3, 0.4) is 0 Å². The number of rotatable bonds is 1. The van der Waals surface area contributed by atoms with Crippen LogP contribution in [-0.2, 0) is 0 Å². The molecule has 0 amide bonds. The second kappa shape index (κ2) is 2.69. The summed E-state index contributed by atoms with van der Waals surface area (Å²) in [5.74, 6) is 0. The molecule has 0 aliphatic heterocycles. The minimum absolute atomic E-state index is 0.358. The van der Waals surface area contributed by atoms with E-state index >= 15 is 0 Å². The number of halogens is 1. The molecule has 0 unspecified atom stereocenters. The van der Waals surface area contributed by atoms with Crippen molar-refractivity contribution >= 4 is 17.2 Å². The van der Waals surface area contributed by atoms with Crippen molar-refractivity contribution in [3.8, 4) is 0 Å². The molecule has 66 valence electrons. The predicted octanol–water partition coefficient (Wildman–Crippen LogP) is 2.49. The Morgan fingerprint density at radius 3 is 2.77 bits per heavy atom. The first-order valence-electron chi connectivity index (χ1n) is 3.97. The highest BCUT2D eigenvalue weighted by Gasteiger charge is 2.11. The zero-order valence-electron chi connectivity index (χ0n) is 7.12. The lowest BCUT2D eigenvalue weighted by atomic mass is 10.1. The molecule has 0 aliphatic carbocycles. The van der Waals surface area contributed by atoms with E-state index in [1.165, 1.54) is 0 Å². The lowest BCUT2D eigenvalue weighted by molar-refractivity contribution is 0.112.